The average Bonchev–Trinajstić information content (AvgIpc) is 2.41. The smallest absolute Gasteiger partial charge is 0.0776 e. The molecule has 0 fully saturated rings. The van der Waals surface area contributed by atoms with Crippen LogP contribution in [-0.4, -0.2) is 44.8 Å². The number of aliphatic hydroxyl groups is 4. The third-order valence-corrected chi connectivity index (χ3v) is 3.32. The first-order chi connectivity index (χ1) is 8.44. The Kier molecular flexibility index (Phi) is 8.44. The predicted octanol–water partition coefficient (Wildman–Crippen LogP) is 1.37. The monoisotopic (exact) mass is 260 g/mol. The molecule has 4 nitrogen and oxygen atoms in total. The molecule has 0 saturated carbocycles. The van der Waals surface area contributed by atoms with E-state index < -0.39 is 24.4 Å². The highest BCUT2D eigenvalue weighted by atomic mass is 16.3. The number of rotatable bonds is 8. The topological polar surface area (TPSA) is 80.9 Å². The van der Waals surface area contributed by atoms with Crippen molar-refractivity contribution in [2.45, 2.75) is 77.8 Å². The maximum absolute atomic E-state index is 10.0. The summed E-state index contributed by atoms with van der Waals surface area (Å²) in [6, 6.07) is 0. The Labute approximate surface area is 110 Å². The molecule has 4 unspecified atom stereocenters. The van der Waals surface area contributed by atoms with Crippen LogP contribution in [0.25, 0.3) is 0 Å². The van der Waals surface area contributed by atoms with E-state index in [4.69, 9.17) is 0 Å². The molecule has 0 amide bonds. The summed E-state index contributed by atoms with van der Waals surface area (Å²) >= 11 is 0. The van der Waals surface area contributed by atoms with Gasteiger partial charge in [0.05, 0.1) is 24.4 Å². The Balaban J connectivity index is 5.66. The van der Waals surface area contributed by atoms with Crippen LogP contribution in [0.4, 0.5) is 0 Å². The van der Waals surface area contributed by atoms with E-state index in [1.165, 1.54) is 0 Å². The van der Waals surface area contributed by atoms with Crippen molar-refractivity contribution in [3.05, 3.63) is 11.1 Å². The molecule has 0 aromatic carbocycles. The fourth-order valence-electron chi connectivity index (χ4n) is 2.09. The summed E-state index contributed by atoms with van der Waals surface area (Å²) in [7, 11) is 0. The molecule has 4 heteroatoms. The lowest BCUT2D eigenvalue weighted by atomic mass is 9.87. The molecule has 0 aliphatic heterocycles. The Morgan fingerprint density at radius 3 is 0.833 bits per heavy atom. The Morgan fingerprint density at radius 2 is 0.722 bits per heavy atom. The molecule has 0 spiro atoms. The van der Waals surface area contributed by atoms with Gasteiger partial charge in [0, 0.05) is 0 Å². The molecule has 0 aliphatic carbocycles. The summed E-state index contributed by atoms with van der Waals surface area (Å²) in [5, 5.41) is 40.2. The van der Waals surface area contributed by atoms with Crippen molar-refractivity contribution >= 4 is 0 Å². The van der Waals surface area contributed by atoms with E-state index in [-0.39, 0.29) is 0 Å². The van der Waals surface area contributed by atoms with Crippen LogP contribution in [0.1, 0.15) is 53.4 Å². The zero-order chi connectivity index (χ0) is 14.3. The summed E-state index contributed by atoms with van der Waals surface area (Å²) in [6.07, 6.45) is -1.50. The summed E-state index contributed by atoms with van der Waals surface area (Å²) in [5.41, 5.74) is 0.785. The van der Waals surface area contributed by atoms with Crippen LogP contribution in [0.15, 0.2) is 11.1 Å². The molecule has 0 aromatic heterocycles. The SMILES string of the molecule is CCC(O)C(=C(C(O)CC)C(O)CC)C(O)CC. The summed E-state index contributed by atoms with van der Waals surface area (Å²) in [5.74, 6) is 0. The minimum absolute atomic E-state index is 0.392. The van der Waals surface area contributed by atoms with Crippen LogP contribution in [-0.2, 0) is 0 Å². The van der Waals surface area contributed by atoms with Gasteiger partial charge in [-0.1, -0.05) is 27.7 Å². The van der Waals surface area contributed by atoms with Crippen molar-refractivity contribution in [3.63, 3.8) is 0 Å². The maximum atomic E-state index is 10.0. The van der Waals surface area contributed by atoms with E-state index >= 15 is 0 Å². The fraction of sp³-hybridized carbons (Fsp3) is 0.857. The van der Waals surface area contributed by atoms with Gasteiger partial charge in [-0.15, -0.1) is 0 Å². The van der Waals surface area contributed by atoms with Crippen molar-refractivity contribution in [1.82, 2.24) is 0 Å². The number of hydrogen-bond donors (Lipinski definition) is 4. The molecule has 108 valence electrons. The van der Waals surface area contributed by atoms with E-state index in [2.05, 4.69) is 0 Å². The number of hydrogen-bond acceptors (Lipinski definition) is 4. The van der Waals surface area contributed by atoms with Gasteiger partial charge in [0.2, 0.25) is 0 Å². The van der Waals surface area contributed by atoms with E-state index in [0.717, 1.165) is 0 Å². The quantitative estimate of drug-likeness (QED) is 0.497. The lowest BCUT2D eigenvalue weighted by molar-refractivity contribution is 0.103. The van der Waals surface area contributed by atoms with Gasteiger partial charge >= 0.3 is 0 Å². The van der Waals surface area contributed by atoms with Crippen molar-refractivity contribution in [2.24, 2.45) is 0 Å². The second-order valence-electron chi connectivity index (χ2n) is 4.61. The van der Waals surface area contributed by atoms with E-state index in [0.29, 0.717) is 36.8 Å². The Bertz CT molecular complexity index is 213. The van der Waals surface area contributed by atoms with Crippen LogP contribution in [0.5, 0.6) is 0 Å². The second kappa shape index (κ2) is 8.64. The molecule has 0 aliphatic rings. The van der Waals surface area contributed by atoms with Gasteiger partial charge in [0.25, 0.3) is 0 Å². The van der Waals surface area contributed by atoms with E-state index in [1.807, 2.05) is 0 Å². The minimum atomic E-state index is -0.822. The standard InChI is InChI=1S/C14H28O4/c1-5-9(15)13(10(16)6-2)14(11(17)7-3)12(18)8-4/h9-12,15-18H,5-8H2,1-4H3. The highest BCUT2D eigenvalue weighted by Gasteiger charge is 2.28. The van der Waals surface area contributed by atoms with Gasteiger partial charge in [0.15, 0.2) is 0 Å². The average molecular weight is 260 g/mol. The molecular formula is C14H28O4. The molecule has 0 saturated heterocycles. The zero-order valence-electron chi connectivity index (χ0n) is 11.9. The Hall–Kier alpha value is -0.420. The molecule has 0 aromatic rings. The lowest BCUT2D eigenvalue weighted by Gasteiger charge is -2.28. The number of aliphatic hydroxyl groups excluding tert-OH is 4. The first-order valence-corrected chi connectivity index (χ1v) is 6.90. The first-order valence-electron chi connectivity index (χ1n) is 6.90. The van der Waals surface area contributed by atoms with Crippen LogP contribution < -0.4 is 0 Å². The normalized spacial score (nSPS) is 18.0. The van der Waals surface area contributed by atoms with E-state index in [9.17, 15) is 20.4 Å². The van der Waals surface area contributed by atoms with E-state index in [1.54, 1.807) is 27.7 Å². The van der Waals surface area contributed by atoms with Crippen molar-refractivity contribution in [1.29, 1.82) is 0 Å². The predicted molar refractivity (Wildman–Crippen MR) is 72.2 cm³/mol. The molecule has 4 N–H and O–H groups in total. The second-order valence-corrected chi connectivity index (χ2v) is 4.61. The summed E-state index contributed by atoms with van der Waals surface area (Å²) in [4.78, 5) is 0. The highest BCUT2D eigenvalue weighted by molar-refractivity contribution is 5.28. The summed E-state index contributed by atoms with van der Waals surface area (Å²) < 4.78 is 0. The largest absolute Gasteiger partial charge is 0.389 e. The van der Waals surface area contributed by atoms with Crippen LogP contribution in [0.2, 0.25) is 0 Å². The third kappa shape index (κ3) is 4.35. The van der Waals surface area contributed by atoms with Gasteiger partial charge in [-0.05, 0) is 36.8 Å². The van der Waals surface area contributed by atoms with Gasteiger partial charge in [-0.3, -0.25) is 0 Å². The van der Waals surface area contributed by atoms with Crippen LogP contribution in [0, 0.1) is 0 Å². The zero-order valence-corrected chi connectivity index (χ0v) is 11.9. The van der Waals surface area contributed by atoms with Gasteiger partial charge in [-0.2, -0.15) is 0 Å². The highest BCUT2D eigenvalue weighted by Crippen LogP contribution is 2.26. The Morgan fingerprint density at radius 1 is 0.556 bits per heavy atom. The molecule has 18 heavy (non-hydrogen) atoms. The molecule has 4 atom stereocenters. The van der Waals surface area contributed by atoms with Gasteiger partial charge < -0.3 is 20.4 Å². The third-order valence-electron chi connectivity index (χ3n) is 3.32. The van der Waals surface area contributed by atoms with Gasteiger partial charge in [-0.25, -0.2) is 0 Å². The molecule has 0 radical (unpaired) electrons. The molecule has 0 bridgehead atoms. The molecule has 0 rings (SSSR count). The van der Waals surface area contributed by atoms with Crippen molar-refractivity contribution < 1.29 is 20.4 Å². The molecule has 0 heterocycles. The van der Waals surface area contributed by atoms with Crippen LogP contribution >= 0.6 is 0 Å². The maximum Gasteiger partial charge on any atom is 0.0776 e. The summed E-state index contributed by atoms with van der Waals surface area (Å²) in [6.45, 7) is 7.23. The first kappa shape index (κ1) is 17.6. The fourth-order valence-corrected chi connectivity index (χ4v) is 2.09. The lowest BCUT2D eigenvalue weighted by Crippen LogP contribution is -2.32. The van der Waals surface area contributed by atoms with Crippen LogP contribution in [0.3, 0.4) is 0 Å². The van der Waals surface area contributed by atoms with Gasteiger partial charge in [0.1, 0.15) is 0 Å². The van der Waals surface area contributed by atoms with Crippen molar-refractivity contribution in [2.75, 3.05) is 0 Å². The minimum Gasteiger partial charge on any atom is -0.389 e. The van der Waals surface area contributed by atoms with Crippen molar-refractivity contribution in [3.8, 4) is 0 Å². The molecular weight excluding hydrogens is 232 g/mol.